The fourth-order valence-corrected chi connectivity index (χ4v) is 5.08. The zero-order valence-corrected chi connectivity index (χ0v) is 21.5. The summed E-state index contributed by atoms with van der Waals surface area (Å²) in [7, 11) is 1.67. The number of nitriles is 1. The number of amides is 2. The third-order valence-electron chi connectivity index (χ3n) is 7.61. The van der Waals surface area contributed by atoms with Gasteiger partial charge in [0.15, 0.2) is 5.82 Å². The van der Waals surface area contributed by atoms with Crippen molar-refractivity contribution >= 4 is 17.6 Å². The minimum absolute atomic E-state index is 0.0261. The molecule has 2 aliphatic rings. The van der Waals surface area contributed by atoms with Crippen molar-refractivity contribution in [3.63, 3.8) is 0 Å². The van der Waals surface area contributed by atoms with Crippen molar-refractivity contribution in [2.24, 2.45) is 11.7 Å². The summed E-state index contributed by atoms with van der Waals surface area (Å²) in [6.07, 6.45) is 4.92. The molecule has 2 amide bonds. The van der Waals surface area contributed by atoms with E-state index in [1.807, 2.05) is 18.2 Å². The lowest BCUT2D eigenvalue weighted by molar-refractivity contribution is -0.117. The number of carbonyl (C=O) groups excluding carboxylic acids is 2. The van der Waals surface area contributed by atoms with E-state index >= 15 is 0 Å². The number of ether oxygens (including phenoxy) is 1. The molecule has 2 heterocycles. The van der Waals surface area contributed by atoms with Crippen molar-refractivity contribution in [3.05, 3.63) is 65.9 Å². The fourth-order valence-electron chi connectivity index (χ4n) is 5.08. The van der Waals surface area contributed by atoms with Gasteiger partial charge in [0.25, 0.3) is 5.91 Å². The number of nitrogens with one attached hydrogen (secondary N) is 1. The predicted molar refractivity (Wildman–Crippen MR) is 143 cm³/mol. The first-order valence-corrected chi connectivity index (χ1v) is 12.9. The number of likely N-dealkylation sites (tertiary alicyclic amines) is 1. The van der Waals surface area contributed by atoms with Gasteiger partial charge in [0.1, 0.15) is 11.3 Å². The lowest BCUT2D eigenvalue weighted by Gasteiger charge is -2.40. The van der Waals surface area contributed by atoms with Gasteiger partial charge in [-0.05, 0) is 54.5 Å². The summed E-state index contributed by atoms with van der Waals surface area (Å²) >= 11 is 0. The summed E-state index contributed by atoms with van der Waals surface area (Å²) in [5.74, 6) is 0.203. The maximum Gasteiger partial charge on any atom is 0.254 e. The van der Waals surface area contributed by atoms with E-state index in [1.165, 1.54) is 5.56 Å². The molecule has 0 bridgehead atoms. The SMILES string of the molecule is COc1cccc(-c2ccc(CN3CCC(CC#N)(n4cc(C(N)=O)c(NC(=O)C5CC5)n4)CC3)cc2)c1. The van der Waals surface area contributed by atoms with Gasteiger partial charge >= 0.3 is 0 Å². The molecule has 3 N–H and O–H groups in total. The van der Waals surface area contributed by atoms with Gasteiger partial charge in [-0.25, -0.2) is 0 Å². The Hall–Kier alpha value is -4.16. The first kappa shape index (κ1) is 25.5. The smallest absolute Gasteiger partial charge is 0.254 e. The second kappa shape index (κ2) is 10.7. The van der Waals surface area contributed by atoms with E-state index in [0.29, 0.717) is 12.8 Å². The Bertz CT molecular complexity index is 1360. The van der Waals surface area contributed by atoms with Gasteiger partial charge in [-0.3, -0.25) is 19.2 Å². The number of carbonyl (C=O) groups is 2. The third kappa shape index (κ3) is 5.41. The molecule has 3 aromatic rings. The average Bonchev–Trinajstić information content (AvgIpc) is 3.70. The largest absolute Gasteiger partial charge is 0.497 e. The predicted octanol–water partition coefficient (Wildman–Crippen LogP) is 3.91. The van der Waals surface area contributed by atoms with Crippen LogP contribution in [0, 0.1) is 17.2 Å². The highest BCUT2D eigenvalue weighted by atomic mass is 16.5. The first-order valence-electron chi connectivity index (χ1n) is 12.9. The molecule has 5 rings (SSSR count). The Balaban J connectivity index is 1.27. The lowest BCUT2D eigenvalue weighted by atomic mass is 9.84. The van der Waals surface area contributed by atoms with Crippen molar-refractivity contribution < 1.29 is 14.3 Å². The van der Waals surface area contributed by atoms with Crippen LogP contribution < -0.4 is 15.8 Å². The number of benzene rings is 2. The van der Waals surface area contributed by atoms with Crippen molar-refractivity contribution in [2.75, 3.05) is 25.5 Å². The molecule has 1 aromatic heterocycles. The van der Waals surface area contributed by atoms with Crippen LogP contribution in [0.4, 0.5) is 5.82 Å². The molecule has 1 saturated carbocycles. The number of hydrogen-bond donors (Lipinski definition) is 2. The van der Waals surface area contributed by atoms with E-state index in [4.69, 9.17) is 10.5 Å². The van der Waals surface area contributed by atoms with Crippen molar-refractivity contribution in [2.45, 2.75) is 44.2 Å². The first-order chi connectivity index (χ1) is 18.4. The van der Waals surface area contributed by atoms with Crippen molar-refractivity contribution in [1.82, 2.24) is 14.7 Å². The maximum atomic E-state index is 12.3. The van der Waals surface area contributed by atoms with Crippen LogP contribution in [0.1, 0.15) is 48.0 Å². The molecular weight excluding hydrogens is 480 g/mol. The molecule has 1 saturated heterocycles. The van der Waals surface area contributed by atoms with E-state index in [1.54, 1.807) is 18.0 Å². The molecule has 196 valence electrons. The van der Waals surface area contributed by atoms with E-state index in [2.05, 4.69) is 51.7 Å². The number of rotatable bonds is 9. The number of methoxy groups -OCH3 is 1. The average molecular weight is 513 g/mol. The summed E-state index contributed by atoms with van der Waals surface area (Å²) in [6.45, 7) is 2.35. The van der Waals surface area contributed by atoms with Crippen LogP contribution in [0.25, 0.3) is 11.1 Å². The second-order valence-electron chi connectivity index (χ2n) is 10.2. The number of nitrogens with two attached hydrogens (primary N) is 1. The topological polar surface area (TPSA) is 126 Å². The van der Waals surface area contributed by atoms with Crippen LogP contribution in [0.15, 0.2) is 54.7 Å². The minimum atomic E-state index is -0.649. The summed E-state index contributed by atoms with van der Waals surface area (Å²) in [4.78, 5) is 26.8. The molecule has 0 radical (unpaired) electrons. The Morgan fingerprint density at radius 1 is 1.16 bits per heavy atom. The van der Waals surface area contributed by atoms with Crippen molar-refractivity contribution in [1.29, 1.82) is 5.26 Å². The number of piperidine rings is 1. The van der Waals surface area contributed by atoms with Crippen LogP contribution in [0.2, 0.25) is 0 Å². The van der Waals surface area contributed by atoms with Gasteiger partial charge in [0, 0.05) is 31.7 Å². The number of aromatic nitrogens is 2. The molecule has 0 spiro atoms. The van der Waals surface area contributed by atoms with Crippen LogP contribution in [-0.4, -0.2) is 46.7 Å². The molecule has 9 heteroatoms. The van der Waals surface area contributed by atoms with Gasteiger partial charge in [0.05, 0.1) is 25.1 Å². The van der Waals surface area contributed by atoms with Crippen molar-refractivity contribution in [3.8, 4) is 22.9 Å². The number of nitrogens with zero attached hydrogens (tertiary/aromatic N) is 4. The fraction of sp³-hybridized carbons (Fsp3) is 0.379. The highest BCUT2D eigenvalue weighted by molar-refractivity contribution is 6.02. The monoisotopic (exact) mass is 512 g/mol. The molecular formula is C29H32N6O3. The van der Waals surface area contributed by atoms with Crippen LogP contribution in [0.5, 0.6) is 5.75 Å². The number of primary amides is 1. The van der Waals surface area contributed by atoms with Gasteiger partial charge in [-0.15, -0.1) is 0 Å². The molecule has 9 nitrogen and oxygen atoms in total. The highest BCUT2D eigenvalue weighted by Gasteiger charge is 2.39. The normalized spacial score (nSPS) is 16.9. The van der Waals surface area contributed by atoms with Crippen LogP contribution in [-0.2, 0) is 16.9 Å². The Morgan fingerprint density at radius 3 is 2.53 bits per heavy atom. The Labute approximate surface area is 222 Å². The second-order valence-corrected chi connectivity index (χ2v) is 10.2. The zero-order chi connectivity index (χ0) is 26.7. The maximum absolute atomic E-state index is 12.3. The Morgan fingerprint density at radius 2 is 1.89 bits per heavy atom. The van der Waals surface area contributed by atoms with E-state index in [9.17, 15) is 14.9 Å². The van der Waals surface area contributed by atoms with Crippen LogP contribution in [0.3, 0.4) is 0 Å². The Kier molecular flexibility index (Phi) is 7.16. The highest BCUT2D eigenvalue weighted by Crippen LogP contribution is 2.36. The molecule has 0 unspecified atom stereocenters. The quantitative estimate of drug-likeness (QED) is 0.448. The third-order valence-corrected chi connectivity index (χ3v) is 7.61. The van der Waals surface area contributed by atoms with Gasteiger partial charge in [-0.2, -0.15) is 10.4 Å². The van der Waals surface area contributed by atoms with E-state index in [0.717, 1.165) is 49.4 Å². The molecule has 1 aliphatic carbocycles. The van der Waals surface area contributed by atoms with Gasteiger partial charge in [-0.1, -0.05) is 36.4 Å². The van der Waals surface area contributed by atoms with E-state index in [-0.39, 0.29) is 29.6 Å². The summed E-state index contributed by atoms with van der Waals surface area (Å²) in [5.41, 5.74) is 8.66. The number of hydrogen-bond acceptors (Lipinski definition) is 6. The molecule has 1 aliphatic heterocycles. The summed E-state index contributed by atoms with van der Waals surface area (Å²) in [6, 6.07) is 18.9. The molecule has 2 aromatic carbocycles. The van der Waals surface area contributed by atoms with Gasteiger partial charge < -0.3 is 15.8 Å². The molecule has 38 heavy (non-hydrogen) atoms. The summed E-state index contributed by atoms with van der Waals surface area (Å²) < 4.78 is 7.03. The number of anilines is 1. The van der Waals surface area contributed by atoms with E-state index < -0.39 is 11.4 Å². The molecule has 0 atom stereocenters. The summed E-state index contributed by atoms with van der Waals surface area (Å²) in [5, 5.41) is 17.0. The lowest BCUT2D eigenvalue weighted by Crippen LogP contribution is -2.46. The van der Waals surface area contributed by atoms with Crippen LogP contribution >= 0.6 is 0 Å². The van der Waals surface area contributed by atoms with Gasteiger partial charge in [0.2, 0.25) is 5.91 Å². The zero-order valence-electron chi connectivity index (χ0n) is 21.5. The minimum Gasteiger partial charge on any atom is -0.497 e. The standard InChI is InChI=1S/C29H32N6O3/c1-38-24-4-2-3-23(17-24)21-7-5-20(6-8-21)18-34-15-12-29(11-14-30,13-16-34)35-19-25(26(31)36)27(33-35)32-28(37)22-9-10-22/h2-8,17,19,22H,9-13,15-16,18H2,1H3,(H2,31,36)(H,32,33,37). The molecule has 2 fully saturated rings.